The van der Waals surface area contributed by atoms with Gasteiger partial charge < -0.3 is 10.6 Å². The third kappa shape index (κ3) is 4.60. The quantitative estimate of drug-likeness (QED) is 0.856. The number of carbonyl (C=O) groups is 1. The van der Waals surface area contributed by atoms with E-state index >= 15 is 0 Å². The monoisotopic (exact) mass is 283 g/mol. The van der Waals surface area contributed by atoms with E-state index in [9.17, 15) is 4.79 Å². The maximum absolute atomic E-state index is 12.0. The Hall–Kier alpha value is -2.36. The van der Waals surface area contributed by atoms with Gasteiger partial charge in [-0.2, -0.15) is 0 Å². The number of hydrogen-bond donors (Lipinski definition) is 2. The molecule has 0 saturated heterocycles. The van der Waals surface area contributed by atoms with Crippen molar-refractivity contribution in [1.82, 2.24) is 10.3 Å². The molecule has 0 saturated carbocycles. The lowest BCUT2D eigenvalue weighted by Gasteiger charge is -2.07. The molecule has 1 heterocycles. The number of amides is 1. The largest absolute Gasteiger partial charge is 0.384 e. The van der Waals surface area contributed by atoms with E-state index in [1.165, 1.54) is 5.56 Å². The molecule has 4 nitrogen and oxygen atoms in total. The zero-order valence-electron chi connectivity index (χ0n) is 12.5. The van der Waals surface area contributed by atoms with Gasteiger partial charge in [0.2, 0.25) is 0 Å². The predicted molar refractivity (Wildman–Crippen MR) is 85.4 cm³/mol. The van der Waals surface area contributed by atoms with Gasteiger partial charge in [-0.15, -0.1) is 0 Å². The summed E-state index contributed by atoms with van der Waals surface area (Å²) in [4.78, 5) is 16.2. The van der Waals surface area contributed by atoms with Crippen LogP contribution in [0.1, 0.15) is 35.0 Å². The molecular weight excluding hydrogens is 262 g/mol. The van der Waals surface area contributed by atoms with E-state index in [0.717, 1.165) is 24.2 Å². The molecule has 0 radical (unpaired) electrons. The molecular formula is C17H21N3O. The van der Waals surface area contributed by atoms with E-state index < -0.39 is 0 Å². The van der Waals surface area contributed by atoms with E-state index in [4.69, 9.17) is 0 Å². The standard InChI is InChI=1S/C17H21N3O/c1-3-9-18-15-7-8-16(19-12-15)17(21)20-11-14-6-4-5-13(2)10-14/h4-8,10,12,18H,3,9,11H2,1-2H3,(H,20,21). The molecule has 0 fully saturated rings. The lowest BCUT2D eigenvalue weighted by molar-refractivity contribution is 0.0946. The smallest absolute Gasteiger partial charge is 0.270 e. The van der Waals surface area contributed by atoms with Gasteiger partial charge in [0.1, 0.15) is 5.69 Å². The highest BCUT2D eigenvalue weighted by Crippen LogP contribution is 2.07. The van der Waals surface area contributed by atoms with Gasteiger partial charge in [0, 0.05) is 13.1 Å². The molecule has 21 heavy (non-hydrogen) atoms. The second-order valence-electron chi connectivity index (χ2n) is 5.03. The zero-order chi connectivity index (χ0) is 15.1. The van der Waals surface area contributed by atoms with Crippen molar-refractivity contribution in [1.29, 1.82) is 0 Å². The Morgan fingerprint density at radius 2 is 2.10 bits per heavy atom. The van der Waals surface area contributed by atoms with Crippen molar-refractivity contribution in [2.24, 2.45) is 0 Å². The number of nitrogens with zero attached hydrogens (tertiary/aromatic N) is 1. The number of nitrogens with one attached hydrogen (secondary N) is 2. The average molecular weight is 283 g/mol. The van der Waals surface area contributed by atoms with Crippen LogP contribution in [0.15, 0.2) is 42.6 Å². The lowest BCUT2D eigenvalue weighted by Crippen LogP contribution is -2.23. The first-order valence-electron chi connectivity index (χ1n) is 7.22. The fourth-order valence-electron chi connectivity index (χ4n) is 2.00. The Balaban J connectivity index is 1.91. The minimum Gasteiger partial charge on any atom is -0.384 e. The number of anilines is 1. The maximum atomic E-state index is 12.0. The zero-order valence-corrected chi connectivity index (χ0v) is 12.5. The Labute approximate surface area is 125 Å². The van der Waals surface area contributed by atoms with Crippen LogP contribution >= 0.6 is 0 Å². The van der Waals surface area contributed by atoms with Crippen LogP contribution < -0.4 is 10.6 Å². The van der Waals surface area contributed by atoms with Gasteiger partial charge in [0.15, 0.2) is 0 Å². The van der Waals surface area contributed by atoms with Crippen LogP contribution in [0.2, 0.25) is 0 Å². The van der Waals surface area contributed by atoms with Gasteiger partial charge in [-0.05, 0) is 31.0 Å². The maximum Gasteiger partial charge on any atom is 0.270 e. The normalized spacial score (nSPS) is 10.2. The molecule has 1 aromatic carbocycles. The molecule has 0 aliphatic carbocycles. The van der Waals surface area contributed by atoms with E-state index in [2.05, 4.69) is 28.6 Å². The number of pyridine rings is 1. The average Bonchev–Trinajstić information content (AvgIpc) is 2.51. The highest BCUT2D eigenvalue weighted by atomic mass is 16.1. The first kappa shape index (κ1) is 15.0. The second-order valence-corrected chi connectivity index (χ2v) is 5.03. The molecule has 0 spiro atoms. The number of aromatic nitrogens is 1. The number of benzene rings is 1. The summed E-state index contributed by atoms with van der Waals surface area (Å²) >= 11 is 0. The van der Waals surface area contributed by atoms with Crippen LogP contribution in [0.3, 0.4) is 0 Å². The molecule has 0 aliphatic rings. The number of carbonyl (C=O) groups excluding carboxylic acids is 1. The Bertz CT molecular complexity index is 593. The van der Waals surface area contributed by atoms with Crippen LogP contribution in [-0.2, 0) is 6.54 Å². The highest BCUT2D eigenvalue weighted by Gasteiger charge is 2.06. The number of rotatable bonds is 6. The molecule has 1 amide bonds. The molecule has 2 N–H and O–H groups in total. The second kappa shape index (κ2) is 7.43. The summed E-state index contributed by atoms with van der Waals surface area (Å²) in [5.74, 6) is -0.154. The van der Waals surface area contributed by atoms with E-state index in [-0.39, 0.29) is 5.91 Å². The number of aryl methyl sites for hydroxylation is 1. The van der Waals surface area contributed by atoms with Crippen LogP contribution in [0, 0.1) is 6.92 Å². The van der Waals surface area contributed by atoms with Crippen molar-refractivity contribution in [3.63, 3.8) is 0 Å². The topological polar surface area (TPSA) is 54.0 Å². The van der Waals surface area contributed by atoms with Crippen LogP contribution in [-0.4, -0.2) is 17.4 Å². The molecule has 0 bridgehead atoms. The van der Waals surface area contributed by atoms with Crippen molar-refractivity contribution < 1.29 is 4.79 Å². The fourth-order valence-corrected chi connectivity index (χ4v) is 2.00. The van der Waals surface area contributed by atoms with Crippen molar-refractivity contribution in [3.8, 4) is 0 Å². The van der Waals surface area contributed by atoms with Crippen molar-refractivity contribution in [2.75, 3.05) is 11.9 Å². The number of hydrogen-bond acceptors (Lipinski definition) is 3. The molecule has 2 rings (SSSR count). The first-order valence-corrected chi connectivity index (χ1v) is 7.22. The summed E-state index contributed by atoms with van der Waals surface area (Å²) in [6, 6.07) is 11.7. The first-order chi connectivity index (χ1) is 10.2. The summed E-state index contributed by atoms with van der Waals surface area (Å²) in [7, 11) is 0. The molecule has 0 aliphatic heterocycles. The van der Waals surface area contributed by atoms with Gasteiger partial charge in [-0.1, -0.05) is 36.8 Å². The third-order valence-electron chi connectivity index (χ3n) is 3.11. The summed E-state index contributed by atoms with van der Waals surface area (Å²) in [6.07, 6.45) is 2.75. The summed E-state index contributed by atoms with van der Waals surface area (Å²) in [5.41, 5.74) is 3.65. The SMILES string of the molecule is CCCNc1ccc(C(=O)NCc2cccc(C)c2)nc1. The highest BCUT2D eigenvalue weighted by molar-refractivity contribution is 5.92. The van der Waals surface area contributed by atoms with Crippen LogP contribution in [0.4, 0.5) is 5.69 Å². The molecule has 0 unspecified atom stereocenters. The Morgan fingerprint density at radius 1 is 1.24 bits per heavy atom. The Kier molecular flexibility index (Phi) is 5.32. The molecule has 110 valence electrons. The fraction of sp³-hybridized carbons (Fsp3) is 0.294. The molecule has 0 atom stereocenters. The van der Waals surface area contributed by atoms with Gasteiger partial charge in [0.25, 0.3) is 5.91 Å². The van der Waals surface area contributed by atoms with Gasteiger partial charge >= 0.3 is 0 Å². The predicted octanol–water partition coefficient (Wildman–Crippen LogP) is 3.14. The van der Waals surface area contributed by atoms with Gasteiger partial charge in [-0.25, -0.2) is 4.98 Å². The third-order valence-corrected chi connectivity index (χ3v) is 3.11. The van der Waals surface area contributed by atoms with E-state index in [1.807, 2.05) is 31.2 Å². The lowest BCUT2D eigenvalue weighted by atomic mass is 10.1. The van der Waals surface area contributed by atoms with Crippen molar-refractivity contribution in [2.45, 2.75) is 26.8 Å². The molecule has 2 aromatic rings. The Morgan fingerprint density at radius 3 is 2.76 bits per heavy atom. The molecule has 1 aromatic heterocycles. The van der Waals surface area contributed by atoms with Crippen molar-refractivity contribution >= 4 is 11.6 Å². The van der Waals surface area contributed by atoms with Crippen LogP contribution in [0.25, 0.3) is 0 Å². The summed E-state index contributed by atoms with van der Waals surface area (Å²) in [5, 5.41) is 6.11. The minimum absolute atomic E-state index is 0.154. The van der Waals surface area contributed by atoms with E-state index in [1.54, 1.807) is 12.3 Å². The minimum atomic E-state index is -0.154. The van der Waals surface area contributed by atoms with E-state index in [0.29, 0.717) is 12.2 Å². The van der Waals surface area contributed by atoms with Crippen LogP contribution in [0.5, 0.6) is 0 Å². The van der Waals surface area contributed by atoms with Gasteiger partial charge in [-0.3, -0.25) is 4.79 Å². The summed E-state index contributed by atoms with van der Waals surface area (Å²) in [6.45, 7) is 5.56. The molecule has 4 heteroatoms. The van der Waals surface area contributed by atoms with Gasteiger partial charge in [0.05, 0.1) is 11.9 Å². The summed E-state index contributed by atoms with van der Waals surface area (Å²) < 4.78 is 0. The van der Waals surface area contributed by atoms with Crippen molar-refractivity contribution in [3.05, 3.63) is 59.4 Å².